The monoisotopic (exact) mass is 464 g/mol. The summed E-state index contributed by atoms with van der Waals surface area (Å²) in [6, 6.07) is 3.94. The number of nitrogens with one attached hydrogen (secondary N) is 1. The Kier molecular flexibility index (Phi) is 6.65. The normalized spacial score (nSPS) is 18.4. The van der Waals surface area contributed by atoms with E-state index in [9.17, 15) is 14.7 Å². The Bertz CT molecular complexity index is 1240. The average Bonchev–Trinajstić information content (AvgIpc) is 3.08. The lowest BCUT2D eigenvalue weighted by molar-refractivity contribution is 0.101. The minimum atomic E-state index is -1.14. The number of aryl methyl sites for hydroxylation is 1. The van der Waals surface area contributed by atoms with Gasteiger partial charge >= 0.3 is 6.09 Å². The molecule has 34 heavy (non-hydrogen) atoms. The highest BCUT2D eigenvalue weighted by Crippen LogP contribution is 2.33. The molecule has 9 heteroatoms. The number of Topliss-reactive ketones (excluding diaryl/α,β-unsaturated/α-hetero) is 1. The van der Waals surface area contributed by atoms with E-state index in [0.717, 1.165) is 36.9 Å². The third kappa shape index (κ3) is 4.65. The lowest BCUT2D eigenvalue weighted by Crippen LogP contribution is -2.31. The van der Waals surface area contributed by atoms with E-state index in [1.54, 1.807) is 20.0 Å². The van der Waals surface area contributed by atoms with Gasteiger partial charge in [-0.25, -0.2) is 9.78 Å². The number of hydrogen-bond donors (Lipinski definition) is 2. The predicted molar refractivity (Wildman–Crippen MR) is 132 cm³/mol. The standard InChI is InChI=1S/C25H32N6O3/c1-14-22(15(2)31(29-14)25(33)34)20-10-11-21-24(28-20)23(19(12-26-21)16(3)32)27-18-8-6-17(7-9-18)13-30(4)5/h10-12,17-18H,6-9,13H2,1-5H3,(H,26,27)(H,33,34)/t17-,18-. The van der Waals surface area contributed by atoms with Crippen molar-refractivity contribution >= 4 is 28.6 Å². The van der Waals surface area contributed by atoms with Crippen LogP contribution in [0.4, 0.5) is 10.5 Å². The molecule has 0 spiro atoms. The van der Waals surface area contributed by atoms with Crippen molar-refractivity contribution in [3.05, 3.63) is 35.3 Å². The summed E-state index contributed by atoms with van der Waals surface area (Å²) in [5, 5.41) is 17.2. The number of hydrogen-bond acceptors (Lipinski definition) is 7. The zero-order valence-corrected chi connectivity index (χ0v) is 20.4. The Morgan fingerprint density at radius 1 is 1.18 bits per heavy atom. The van der Waals surface area contributed by atoms with E-state index in [1.165, 1.54) is 6.92 Å². The van der Waals surface area contributed by atoms with Crippen molar-refractivity contribution in [1.82, 2.24) is 24.6 Å². The topological polar surface area (TPSA) is 113 Å². The van der Waals surface area contributed by atoms with Gasteiger partial charge in [0, 0.05) is 24.3 Å². The fraction of sp³-hybridized carbons (Fsp3) is 0.480. The van der Waals surface area contributed by atoms with Crippen LogP contribution in [-0.2, 0) is 0 Å². The number of aromatic nitrogens is 4. The van der Waals surface area contributed by atoms with Gasteiger partial charge in [0.05, 0.1) is 33.8 Å². The third-order valence-electron chi connectivity index (χ3n) is 6.64. The molecular formula is C25H32N6O3. The number of ketones is 1. The average molecular weight is 465 g/mol. The van der Waals surface area contributed by atoms with Gasteiger partial charge in [-0.1, -0.05) is 0 Å². The van der Waals surface area contributed by atoms with Crippen molar-refractivity contribution in [3.63, 3.8) is 0 Å². The fourth-order valence-corrected chi connectivity index (χ4v) is 5.03. The lowest BCUT2D eigenvalue weighted by atomic mass is 9.85. The molecule has 0 unspecified atom stereocenters. The van der Waals surface area contributed by atoms with Gasteiger partial charge in [0.15, 0.2) is 5.78 Å². The van der Waals surface area contributed by atoms with Crippen LogP contribution in [0.2, 0.25) is 0 Å². The van der Waals surface area contributed by atoms with Crippen molar-refractivity contribution in [2.24, 2.45) is 5.92 Å². The quantitative estimate of drug-likeness (QED) is 0.517. The molecule has 0 saturated heterocycles. The van der Waals surface area contributed by atoms with Crippen LogP contribution in [0, 0.1) is 19.8 Å². The predicted octanol–water partition coefficient (Wildman–Crippen LogP) is 4.37. The van der Waals surface area contributed by atoms with Crippen LogP contribution in [-0.4, -0.2) is 68.3 Å². The van der Waals surface area contributed by atoms with Crippen LogP contribution >= 0.6 is 0 Å². The molecule has 1 fully saturated rings. The van der Waals surface area contributed by atoms with Crippen LogP contribution < -0.4 is 5.32 Å². The van der Waals surface area contributed by atoms with E-state index in [2.05, 4.69) is 34.4 Å². The molecule has 0 atom stereocenters. The summed E-state index contributed by atoms with van der Waals surface area (Å²) >= 11 is 0. The summed E-state index contributed by atoms with van der Waals surface area (Å²) in [7, 11) is 4.22. The molecule has 9 nitrogen and oxygen atoms in total. The van der Waals surface area contributed by atoms with E-state index in [1.807, 2.05) is 12.1 Å². The fourth-order valence-electron chi connectivity index (χ4n) is 5.03. The molecule has 3 aromatic heterocycles. The Morgan fingerprint density at radius 2 is 1.88 bits per heavy atom. The van der Waals surface area contributed by atoms with Crippen molar-refractivity contribution in [1.29, 1.82) is 0 Å². The highest BCUT2D eigenvalue weighted by Gasteiger charge is 2.25. The van der Waals surface area contributed by atoms with Crippen LogP contribution in [0.5, 0.6) is 0 Å². The summed E-state index contributed by atoms with van der Waals surface area (Å²) < 4.78 is 0.964. The second kappa shape index (κ2) is 9.50. The highest BCUT2D eigenvalue weighted by atomic mass is 16.4. The van der Waals surface area contributed by atoms with E-state index in [4.69, 9.17) is 4.98 Å². The zero-order chi connectivity index (χ0) is 24.6. The second-order valence-electron chi connectivity index (χ2n) is 9.53. The molecule has 3 heterocycles. The van der Waals surface area contributed by atoms with E-state index in [-0.39, 0.29) is 11.8 Å². The number of carboxylic acid groups (broad SMARTS) is 1. The van der Waals surface area contributed by atoms with Gasteiger partial charge in [-0.05, 0) is 78.6 Å². The van der Waals surface area contributed by atoms with Gasteiger partial charge in [-0.3, -0.25) is 9.78 Å². The number of rotatable bonds is 6. The Balaban J connectivity index is 1.73. The maximum atomic E-state index is 12.5. The zero-order valence-electron chi connectivity index (χ0n) is 20.4. The summed E-state index contributed by atoms with van der Waals surface area (Å²) in [6.07, 6.45) is 4.82. The van der Waals surface area contributed by atoms with Gasteiger partial charge < -0.3 is 15.3 Å². The number of pyridine rings is 2. The van der Waals surface area contributed by atoms with Crippen LogP contribution in [0.3, 0.4) is 0 Å². The second-order valence-corrected chi connectivity index (χ2v) is 9.53. The number of nitrogens with zero attached hydrogens (tertiary/aromatic N) is 5. The molecule has 2 N–H and O–H groups in total. The molecule has 0 aliphatic heterocycles. The van der Waals surface area contributed by atoms with Gasteiger partial charge in [-0.15, -0.1) is 0 Å². The van der Waals surface area contributed by atoms with Gasteiger partial charge in [0.25, 0.3) is 0 Å². The van der Waals surface area contributed by atoms with Crippen molar-refractivity contribution in [2.75, 3.05) is 26.0 Å². The first-order valence-corrected chi connectivity index (χ1v) is 11.7. The largest absolute Gasteiger partial charge is 0.463 e. The molecule has 0 aromatic carbocycles. The molecule has 1 saturated carbocycles. The van der Waals surface area contributed by atoms with Gasteiger partial charge in [0.2, 0.25) is 0 Å². The number of fused-ring (bicyclic) bond motifs is 1. The highest BCUT2D eigenvalue weighted by molar-refractivity contribution is 6.06. The lowest BCUT2D eigenvalue weighted by Gasteiger charge is -2.31. The van der Waals surface area contributed by atoms with Crippen LogP contribution in [0.15, 0.2) is 18.3 Å². The SMILES string of the molecule is CC(=O)c1cnc2ccc(-c3c(C)nn(C(=O)O)c3C)nc2c1N[C@H]1CC[C@H](CN(C)C)CC1. The molecule has 1 aliphatic rings. The molecule has 0 amide bonds. The summed E-state index contributed by atoms with van der Waals surface area (Å²) in [4.78, 5) is 35.6. The van der Waals surface area contributed by atoms with Crippen molar-refractivity contribution < 1.29 is 14.7 Å². The number of carbonyl (C=O) groups is 2. The summed E-state index contributed by atoms with van der Waals surface area (Å²) in [6.45, 7) is 6.11. The van der Waals surface area contributed by atoms with Crippen LogP contribution in [0.25, 0.3) is 22.3 Å². The van der Waals surface area contributed by atoms with Crippen molar-refractivity contribution in [3.8, 4) is 11.3 Å². The number of carbonyl (C=O) groups excluding carboxylic acids is 1. The van der Waals surface area contributed by atoms with E-state index < -0.39 is 6.09 Å². The first-order valence-electron chi connectivity index (χ1n) is 11.7. The third-order valence-corrected chi connectivity index (χ3v) is 6.64. The first-order chi connectivity index (χ1) is 16.2. The molecular weight excluding hydrogens is 432 g/mol. The summed E-state index contributed by atoms with van der Waals surface area (Å²) in [5.74, 6) is 0.618. The molecule has 1 aliphatic carbocycles. The minimum absolute atomic E-state index is 0.0727. The molecule has 3 aromatic rings. The Morgan fingerprint density at radius 3 is 2.47 bits per heavy atom. The Hall–Kier alpha value is -3.33. The van der Waals surface area contributed by atoms with Crippen molar-refractivity contribution in [2.45, 2.75) is 52.5 Å². The summed E-state index contributed by atoms with van der Waals surface area (Å²) in [5.41, 5.74) is 4.87. The molecule has 0 bridgehead atoms. The maximum absolute atomic E-state index is 12.5. The smallest absolute Gasteiger partial charge is 0.432 e. The minimum Gasteiger partial charge on any atom is -0.463 e. The van der Waals surface area contributed by atoms with Gasteiger partial charge in [0.1, 0.15) is 5.52 Å². The Labute approximate surface area is 199 Å². The van der Waals surface area contributed by atoms with E-state index >= 15 is 0 Å². The maximum Gasteiger partial charge on any atom is 0.432 e. The van der Waals surface area contributed by atoms with Gasteiger partial charge in [-0.2, -0.15) is 9.78 Å². The molecule has 4 rings (SSSR count). The molecule has 180 valence electrons. The number of anilines is 1. The first kappa shape index (κ1) is 23.8. The van der Waals surface area contributed by atoms with Crippen LogP contribution in [0.1, 0.15) is 54.4 Å². The molecule has 0 radical (unpaired) electrons. The van der Waals surface area contributed by atoms with E-state index in [0.29, 0.717) is 50.8 Å².